The van der Waals surface area contributed by atoms with E-state index >= 15 is 0 Å². The first kappa shape index (κ1) is 13.2. The Kier molecular flexibility index (Phi) is 3.06. The largest absolute Gasteiger partial charge is 0.481 e. The van der Waals surface area contributed by atoms with Crippen molar-refractivity contribution in [2.24, 2.45) is 0 Å². The van der Waals surface area contributed by atoms with Gasteiger partial charge in [-0.2, -0.15) is 4.98 Å². The fraction of sp³-hybridized carbons (Fsp3) is 0.467. The predicted octanol–water partition coefficient (Wildman–Crippen LogP) is 1.05. The molecule has 2 aromatic heterocycles. The summed E-state index contributed by atoms with van der Waals surface area (Å²) in [6.07, 6.45) is 4.74. The lowest BCUT2D eigenvalue weighted by molar-refractivity contribution is 0.282. The lowest BCUT2D eigenvalue weighted by Gasteiger charge is -2.56. The summed E-state index contributed by atoms with van der Waals surface area (Å²) in [5.41, 5.74) is 0.997. The van der Waals surface area contributed by atoms with E-state index in [0.29, 0.717) is 18.0 Å². The van der Waals surface area contributed by atoms with Crippen molar-refractivity contribution < 1.29 is 4.74 Å². The molecule has 2 bridgehead atoms. The molecular weight excluding hydrogens is 280 g/mol. The molecule has 3 fully saturated rings. The fourth-order valence-electron chi connectivity index (χ4n) is 3.26. The Labute approximate surface area is 129 Å². The van der Waals surface area contributed by atoms with E-state index in [0.717, 1.165) is 30.7 Å². The number of ether oxygens (including phenoxy) is 1. The maximum atomic E-state index is 5.19. The summed E-state index contributed by atoms with van der Waals surface area (Å²) in [5.74, 6) is 2.18. The first-order valence-electron chi connectivity index (χ1n) is 7.44. The van der Waals surface area contributed by atoms with Crippen molar-refractivity contribution in [3.63, 3.8) is 0 Å². The molecule has 0 saturated carbocycles. The van der Waals surface area contributed by atoms with Gasteiger partial charge in [-0.25, -0.2) is 15.0 Å². The SMILES string of the molecule is COc1ccnc(N2C3CC2CN(c2nccc(C)n2)C3)n1. The van der Waals surface area contributed by atoms with Crippen LogP contribution in [-0.4, -0.2) is 52.2 Å². The minimum absolute atomic E-state index is 0.412. The number of hydrogen-bond acceptors (Lipinski definition) is 7. The molecule has 0 N–H and O–H groups in total. The van der Waals surface area contributed by atoms with Crippen LogP contribution in [-0.2, 0) is 0 Å². The van der Waals surface area contributed by atoms with E-state index in [2.05, 4.69) is 29.7 Å². The van der Waals surface area contributed by atoms with Crippen molar-refractivity contribution in [3.8, 4) is 5.88 Å². The topological polar surface area (TPSA) is 67.3 Å². The molecule has 5 heterocycles. The third kappa shape index (κ3) is 2.13. The van der Waals surface area contributed by atoms with Crippen LogP contribution >= 0.6 is 0 Å². The second kappa shape index (κ2) is 5.08. The van der Waals surface area contributed by atoms with Crippen molar-refractivity contribution in [2.45, 2.75) is 25.4 Å². The van der Waals surface area contributed by atoms with Gasteiger partial charge < -0.3 is 14.5 Å². The van der Waals surface area contributed by atoms with Gasteiger partial charge in [-0.15, -0.1) is 0 Å². The Morgan fingerprint density at radius 2 is 1.77 bits per heavy atom. The van der Waals surface area contributed by atoms with Gasteiger partial charge in [0, 0.05) is 37.2 Å². The molecule has 3 aliphatic rings. The van der Waals surface area contributed by atoms with E-state index in [1.807, 2.05) is 19.2 Å². The highest BCUT2D eigenvalue weighted by Gasteiger charge is 2.46. The van der Waals surface area contributed by atoms with E-state index in [1.165, 1.54) is 6.42 Å². The highest BCUT2D eigenvalue weighted by Crippen LogP contribution is 2.36. The van der Waals surface area contributed by atoms with Crippen molar-refractivity contribution in [1.82, 2.24) is 19.9 Å². The Hall–Kier alpha value is -2.44. The van der Waals surface area contributed by atoms with Crippen LogP contribution in [0.5, 0.6) is 5.88 Å². The van der Waals surface area contributed by atoms with Crippen molar-refractivity contribution in [1.29, 1.82) is 0 Å². The smallest absolute Gasteiger partial charge is 0.229 e. The molecule has 0 spiro atoms. The first-order chi connectivity index (χ1) is 10.7. The summed E-state index contributed by atoms with van der Waals surface area (Å²) in [5, 5.41) is 0. The van der Waals surface area contributed by atoms with Gasteiger partial charge in [-0.05, 0) is 19.4 Å². The van der Waals surface area contributed by atoms with Gasteiger partial charge in [0.25, 0.3) is 0 Å². The van der Waals surface area contributed by atoms with Crippen molar-refractivity contribution in [2.75, 3.05) is 30.0 Å². The van der Waals surface area contributed by atoms with Crippen molar-refractivity contribution >= 4 is 11.9 Å². The molecule has 0 aromatic carbocycles. The lowest BCUT2D eigenvalue weighted by atomic mass is 9.88. The second-order valence-electron chi connectivity index (χ2n) is 5.75. The average Bonchev–Trinajstić information content (AvgIpc) is 2.55. The number of piperidine rings is 1. The molecule has 2 atom stereocenters. The fourth-order valence-corrected chi connectivity index (χ4v) is 3.26. The zero-order chi connectivity index (χ0) is 15.1. The molecule has 0 amide bonds. The van der Waals surface area contributed by atoms with Gasteiger partial charge in [-0.1, -0.05) is 0 Å². The van der Waals surface area contributed by atoms with E-state index in [9.17, 15) is 0 Å². The Morgan fingerprint density at radius 3 is 2.50 bits per heavy atom. The predicted molar refractivity (Wildman–Crippen MR) is 82.2 cm³/mol. The summed E-state index contributed by atoms with van der Waals surface area (Å²) in [6, 6.07) is 4.52. The van der Waals surface area contributed by atoms with Crippen LogP contribution in [0.25, 0.3) is 0 Å². The normalized spacial score (nSPS) is 23.2. The average molecular weight is 298 g/mol. The van der Waals surface area contributed by atoms with Crippen LogP contribution in [0.1, 0.15) is 12.1 Å². The lowest BCUT2D eigenvalue weighted by Crippen LogP contribution is -2.69. The van der Waals surface area contributed by atoms with Gasteiger partial charge in [0.15, 0.2) is 0 Å². The van der Waals surface area contributed by atoms with Crippen LogP contribution in [0, 0.1) is 6.92 Å². The number of piperazine rings is 1. The van der Waals surface area contributed by atoms with Crippen LogP contribution < -0.4 is 14.5 Å². The van der Waals surface area contributed by atoms with Gasteiger partial charge >= 0.3 is 0 Å². The monoisotopic (exact) mass is 298 g/mol. The van der Waals surface area contributed by atoms with E-state index in [4.69, 9.17) is 4.74 Å². The molecule has 0 radical (unpaired) electrons. The van der Waals surface area contributed by atoms with Crippen LogP contribution in [0.4, 0.5) is 11.9 Å². The Morgan fingerprint density at radius 1 is 1.05 bits per heavy atom. The van der Waals surface area contributed by atoms with Crippen LogP contribution in [0.15, 0.2) is 24.5 Å². The van der Waals surface area contributed by atoms with Crippen LogP contribution in [0.3, 0.4) is 0 Å². The number of rotatable bonds is 3. The van der Waals surface area contributed by atoms with Gasteiger partial charge in [0.2, 0.25) is 17.8 Å². The first-order valence-corrected chi connectivity index (χ1v) is 7.44. The summed E-state index contributed by atoms with van der Waals surface area (Å²) < 4.78 is 5.19. The third-order valence-corrected chi connectivity index (χ3v) is 4.32. The number of aryl methyl sites for hydroxylation is 1. The summed E-state index contributed by atoms with van der Waals surface area (Å²) in [6.45, 7) is 3.80. The van der Waals surface area contributed by atoms with Gasteiger partial charge in [0.1, 0.15) is 0 Å². The minimum atomic E-state index is 0.412. The molecule has 7 nitrogen and oxygen atoms in total. The Balaban J connectivity index is 1.53. The number of hydrogen-bond donors (Lipinski definition) is 0. The zero-order valence-corrected chi connectivity index (χ0v) is 12.7. The van der Waals surface area contributed by atoms with Crippen LogP contribution in [0.2, 0.25) is 0 Å². The third-order valence-electron chi connectivity index (χ3n) is 4.32. The molecule has 2 unspecified atom stereocenters. The number of fused-ring (bicyclic) bond motifs is 2. The quantitative estimate of drug-likeness (QED) is 0.839. The van der Waals surface area contributed by atoms with E-state index in [1.54, 1.807) is 19.4 Å². The maximum absolute atomic E-state index is 5.19. The maximum Gasteiger partial charge on any atom is 0.229 e. The highest BCUT2D eigenvalue weighted by molar-refractivity contribution is 5.47. The van der Waals surface area contributed by atoms with Gasteiger partial charge in [0.05, 0.1) is 19.2 Å². The Bertz CT molecular complexity index is 681. The number of nitrogens with zero attached hydrogens (tertiary/aromatic N) is 6. The molecule has 7 heteroatoms. The van der Waals surface area contributed by atoms with Gasteiger partial charge in [-0.3, -0.25) is 0 Å². The number of aromatic nitrogens is 4. The molecular formula is C15H18N6O. The molecule has 3 aliphatic heterocycles. The van der Waals surface area contributed by atoms with Crippen molar-refractivity contribution in [3.05, 3.63) is 30.2 Å². The minimum Gasteiger partial charge on any atom is -0.481 e. The molecule has 114 valence electrons. The molecule has 2 aromatic rings. The molecule has 22 heavy (non-hydrogen) atoms. The number of methoxy groups -OCH3 is 1. The van der Waals surface area contributed by atoms with E-state index < -0.39 is 0 Å². The highest BCUT2D eigenvalue weighted by atomic mass is 16.5. The number of anilines is 2. The summed E-state index contributed by atoms with van der Waals surface area (Å²) in [4.78, 5) is 22.3. The second-order valence-corrected chi connectivity index (χ2v) is 5.75. The standard InChI is InChI=1S/C15H18N6O/c1-10-3-5-16-14(18-10)20-8-11-7-12(9-20)21(11)15-17-6-4-13(19-15)22-2/h3-6,11-12H,7-9H2,1-2H3. The van der Waals surface area contributed by atoms with E-state index in [-0.39, 0.29) is 0 Å². The molecule has 5 rings (SSSR count). The summed E-state index contributed by atoms with van der Waals surface area (Å²) in [7, 11) is 1.62. The zero-order valence-electron chi connectivity index (χ0n) is 12.7. The molecule has 3 saturated heterocycles. The molecule has 0 aliphatic carbocycles. The summed E-state index contributed by atoms with van der Waals surface area (Å²) >= 11 is 0.